The Kier molecular flexibility index (Phi) is 5.81. The van der Waals surface area contributed by atoms with Gasteiger partial charge in [-0.1, -0.05) is 54.6 Å². The summed E-state index contributed by atoms with van der Waals surface area (Å²) >= 11 is 0. The van der Waals surface area contributed by atoms with Crippen molar-refractivity contribution in [3.63, 3.8) is 0 Å². The highest BCUT2D eigenvalue weighted by Gasteiger charge is 2.41. The Labute approximate surface area is 188 Å². The number of hydrogen-bond acceptors (Lipinski definition) is 4. The molecule has 6 nitrogen and oxygen atoms in total. The maximum Gasteiger partial charge on any atom is 0.255 e. The van der Waals surface area contributed by atoms with Crippen LogP contribution in [0.2, 0.25) is 0 Å². The van der Waals surface area contributed by atoms with Gasteiger partial charge in [0.05, 0.1) is 13.2 Å². The van der Waals surface area contributed by atoms with Crippen LogP contribution in [0.3, 0.4) is 0 Å². The van der Waals surface area contributed by atoms with Crippen LogP contribution in [0.15, 0.2) is 54.6 Å². The number of carbonyl (C=O) groups is 2. The Hall–Kier alpha value is -2.96. The quantitative estimate of drug-likeness (QED) is 0.745. The molecule has 3 aliphatic heterocycles. The van der Waals surface area contributed by atoms with Crippen LogP contribution in [0.5, 0.6) is 0 Å². The molecule has 1 spiro atoms. The van der Waals surface area contributed by atoms with Crippen molar-refractivity contribution in [3.8, 4) is 0 Å². The fraction of sp³-hybridized carbons (Fsp3) is 0.385. The molecule has 2 aromatic rings. The smallest absolute Gasteiger partial charge is 0.255 e. The normalized spacial score (nSPS) is 19.8. The van der Waals surface area contributed by atoms with E-state index in [9.17, 15) is 9.59 Å². The van der Waals surface area contributed by atoms with Gasteiger partial charge in [0, 0.05) is 38.0 Å². The number of carbonyl (C=O) groups excluding carboxylic acids is 2. The maximum absolute atomic E-state index is 13.3. The van der Waals surface area contributed by atoms with Crippen LogP contribution >= 0.6 is 0 Å². The van der Waals surface area contributed by atoms with Crippen LogP contribution in [-0.2, 0) is 20.7 Å². The second-order valence-corrected chi connectivity index (χ2v) is 8.66. The van der Waals surface area contributed by atoms with E-state index in [0.717, 1.165) is 17.5 Å². The van der Waals surface area contributed by atoms with Crippen molar-refractivity contribution in [2.45, 2.75) is 25.0 Å². The third-order valence-corrected chi connectivity index (χ3v) is 6.53. The topological polar surface area (TPSA) is 59.1 Å². The highest BCUT2D eigenvalue weighted by Crippen LogP contribution is 2.31. The summed E-state index contributed by atoms with van der Waals surface area (Å²) < 4.78 is 11.5. The van der Waals surface area contributed by atoms with Gasteiger partial charge in [-0.2, -0.15) is 0 Å². The zero-order chi connectivity index (χ0) is 22.0. The Morgan fingerprint density at radius 1 is 0.969 bits per heavy atom. The van der Waals surface area contributed by atoms with E-state index in [0.29, 0.717) is 51.3 Å². The fourth-order valence-electron chi connectivity index (χ4n) is 4.72. The third kappa shape index (κ3) is 4.33. The molecule has 3 aliphatic rings. The molecule has 5 rings (SSSR count). The molecule has 2 fully saturated rings. The van der Waals surface area contributed by atoms with Gasteiger partial charge in [-0.25, -0.2) is 0 Å². The predicted molar refractivity (Wildman–Crippen MR) is 121 cm³/mol. The molecule has 0 saturated carbocycles. The van der Waals surface area contributed by atoms with Gasteiger partial charge in [-0.15, -0.1) is 0 Å². The van der Waals surface area contributed by atoms with Crippen LogP contribution in [-0.4, -0.2) is 66.8 Å². The average molecular weight is 433 g/mol. The summed E-state index contributed by atoms with van der Waals surface area (Å²) in [5.41, 5.74) is 3.85. The summed E-state index contributed by atoms with van der Waals surface area (Å²) in [7, 11) is 0. The molecule has 0 aromatic heterocycles. The fourth-order valence-corrected chi connectivity index (χ4v) is 4.72. The number of nitrogens with zero attached hydrogens (tertiary/aromatic N) is 2. The predicted octanol–water partition coefficient (Wildman–Crippen LogP) is 3.11. The Morgan fingerprint density at radius 2 is 1.72 bits per heavy atom. The standard InChI is InChI=1S/C26H28N2O4/c29-24(27-13-10-26(11-14-27)31-15-16-32-26)19-28-12-4-7-22-9-8-21(18-23(22)25(28)30)17-20-5-2-1-3-6-20/h1-9,18H,10-17,19H2. The summed E-state index contributed by atoms with van der Waals surface area (Å²) in [5, 5.41) is 0. The first kappa shape index (κ1) is 20.9. The minimum atomic E-state index is -0.508. The lowest BCUT2D eigenvalue weighted by molar-refractivity contribution is -0.187. The van der Waals surface area contributed by atoms with Crippen LogP contribution in [0.1, 0.15) is 39.9 Å². The lowest BCUT2D eigenvalue weighted by Crippen LogP contribution is -2.50. The number of amides is 2. The van der Waals surface area contributed by atoms with E-state index in [-0.39, 0.29) is 18.4 Å². The van der Waals surface area contributed by atoms with Crippen LogP contribution in [0.25, 0.3) is 6.08 Å². The first-order valence-corrected chi connectivity index (χ1v) is 11.3. The van der Waals surface area contributed by atoms with Crippen LogP contribution in [0.4, 0.5) is 0 Å². The summed E-state index contributed by atoms with van der Waals surface area (Å²) in [5.74, 6) is -0.626. The van der Waals surface area contributed by atoms with Crippen molar-refractivity contribution >= 4 is 17.9 Å². The third-order valence-electron chi connectivity index (χ3n) is 6.53. The number of rotatable bonds is 4. The summed E-state index contributed by atoms with van der Waals surface area (Å²) in [6, 6.07) is 16.3. The monoisotopic (exact) mass is 432 g/mol. The average Bonchev–Trinajstić information content (AvgIpc) is 3.21. The number of likely N-dealkylation sites (tertiary alicyclic amines) is 1. The summed E-state index contributed by atoms with van der Waals surface area (Å²) in [6.45, 7) is 2.93. The Morgan fingerprint density at radius 3 is 2.47 bits per heavy atom. The van der Waals surface area contributed by atoms with Crippen molar-refractivity contribution < 1.29 is 19.1 Å². The number of ether oxygens (including phenoxy) is 2. The molecule has 0 aliphatic carbocycles. The van der Waals surface area contributed by atoms with Gasteiger partial charge in [0.2, 0.25) is 5.91 Å². The minimum Gasteiger partial charge on any atom is -0.347 e. The first-order valence-electron chi connectivity index (χ1n) is 11.3. The minimum absolute atomic E-state index is 0.0245. The van der Waals surface area contributed by atoms with Crippen LogP contribution in [0, 0.1) is 0 Å². The Bertz CT molecular complexity index is 1020. The SMILES string of the molecule is O=C(CN1CC=Cc2ccc(Cc3ccccc3)cc2C1=O)N1CCC2(CC1)OCCO2. The second-order valence-electron chi connectivity index (χ2n) is 8.66. The van der Waals surface area contributed by atoms with Crippen molar-refractivity contribution in [2.75, 3.05) is 39.4 Å². The van der Waals surface area contributed by atoms with E-state index in [1.165, 1.54) is 5.56 Å². The van der Waals surface area contributed by atoms with Gasteiger partial charge >= 0.3 is 0 Å². The van der Waals surface area contributed by atoms with Crippen molar-refractivity contribution in [1.82, 2.24) is 9.80 Å². The van der Waals surface area contributed by atoms with Crippen molar-refractivity contribution in [3.05, 3.63) is 76.9 Å². The largest absolute Gasteiger partial charge is 0.347 e. The highest BCUT2D eigenvalue weighted by atomic mass is 16.7. The molecule has 32 heavy (non-hydrogen) atoms. The number of benzene rings is 2. The van der Waals surface area contributed by atoms with Gasteiger partial charge in [0.15, 0.2) is 5.79 Å². The molecular formula is C26H28N2O4. The second kappa shape index (κ2) is 8.88. The zero-order valence-corrected chi connectivity index (χ0v) is 18.2. The van der Waals surface area contributed by atoms with Gasteiger partial charge in [-0.05, 0) is 29.2 Å². The molecule has 3 heterocycles. The first-order chi connectivity index (χ1) is 15.6. The lowest BCUT2D eigenvalue weighted by Gasteiger charge is -2.38. The molecule has 2 amide bonds. The summed E-state index contributed by atoms with van der Waals surface area (Å²) in [4.78, 5) is 29.8. The van der Waals surface area contributed by atoms with Gasteiger partial charge in [0.1, 0.15) is 6.54 Å². The molecule has 0 N–H and O–H groups in total. The molecule has 0 radical (unpaired) electrons. The lowest BCUT2D eigenvalue weighted by atomic mass is 9.98. The van der Waals surface area contributed by atoms with E-state index >= 15 is 0 Å². The van der Waals surface area contributed by atoms with E-state index in [1.807, 2.05) is 47.4 Å². The molecule has 2 saturated heterocycles. The molecule has 0 unspecified atom stereocenters. The van der Waals surface area contributed by atoms with Gasteiger partial charge in [-0.3, -0.25) is 9.59 Å². The van der Waals surface area contributed by atoms with E-state index in [2.05, 4.69) is 18.2 Å². The number of hydrogen-bond donors (Lipinski definition) is 0. The number of piperidine rings is 1. The van der Waals surface area contributed by atoms with Crippen LogP contribution < -0.4 is 0 Å². The summed E-state index contributed by atoms with van der Waals surface area (Å²) in [6.07, 6.45) is 6.06. The van der Waals surface area contributed by atoms with Crippen molar-refractivity contribution in [1.29, 1.82) is 0 Å². The highest BCUT2D eigenvalue weighted by molar-refractivity contribution is 6.00. The molecule has 166 valence electrons. The molecule has 0 atom stereocenters. The van der Waals surface area contributed by atoms with Gasteiger partial charge in [0.25, 0.3) is 5.91 Å². The molecule has 2 aromatic carbocycles. The molecule has 0 bridgehead atoms. The maximum atomic E-state index is 13.3. The number of fused-ring (bicyclic) bond motifs is 1. The van der Waals surface area contributed by atoms with E-state index < -0.39 is 5.79 Å². The van der Waals surface area contributed by atoms with Crippen molar-refractivity contribution in [2.24, 2.45) is 0 Å². The Balaban J connectivity index is 1.26. The zero-order valence-electron chi connectivity index (χ0n) is 18.2. The van der Waals surface area contributed by atoms with E-state index in [1.54, 1.807) is 4.90 Å². The van der Waals surface area contributed by atoms with E-state index in [4.69, 9.17) is 9.47 Å². The molecule has 6 heteroatoms. The molecular weight excluding hydrogens is 404 g/mol. The van der Waals surface area contributed by atoms with Gasteiger partial charge < -0.3 is 19.3 Å².